The molecule has 1 aliphatic carbocycles. The minimum atomic E-state index is -0.405. The molecule has 2 heterocycles. The van der Waals surface area contributed by atoms with Crippen LogP contribution in [0.4, 0.5) is 14.9 Å². The molecule has 0 aliphatic heterocycles. The van der Waals surface area contributed by atoms with E-state index >= 15 is 0 Å². The monoisotopic (exact) mass is 499 g/mol. The summed E-state index contributed by atoms with van der Waals surface area (Å²) in [5.74, 6) is -0.516. The zero-order valence-corrected chi connectivity index (χ0v) is 20.0. The standard InChI is InChI=1S/C28H26FN5O3/c29-21-9-7-18(8-10-21)16-31-28(37)34-25(19-4-1-2-5-19)15-24(33-34)23-14-22(11-12-26(23)35)32-27(36)20-6-3-13-30-17-20/h3,6-15,17,19,35H,1-2,4-5,16H2,(H,31,37)(H,32,36). The number of halogens is 1. The predicted octanol–water partition coefficient (Wildman–Crippen LogP) is 5.46. The lowest BCUT2D eigenvalue weighted by Crippen LogP contribution is -2.30. The van der Waals surface area contributed by atoms with Crippen molar-refractivity contribution in [3.8, 4) is 17.0 Å². The summed E-state index contributed by atoms with van der Waals surface area (Å²) in [6.45, 7) is 0.222. The van der Waals surface area contributed by atoms with Gasteiger partial charge in [-0.25, -0.2) is 9.18 Å². The van der Waals surface area contributed by atoms with Crippen molar-refractivity contribution in [2.24, 2.45) is 0 Å². The Labute approximate surface area is 213 Å². The largest absolute Gasteiger partial charge is 0.507 e. The fourth-order valence-corrected chi connectivity index (χ4v) is 4.58. The fraction of sp³-hybridized carbons (Fsp3) is 0.214. The van der Waals surface area contributed by atoms with E-state index in [1.165, 1.54) is 29.1 Å². The molecule has 4 aromatic rings. The maximum atomic E-state index is 13.2. The van der Waals surface area contributed by atoms with E-state index in [1.807, 2.05) is 6.07 Å². The highest BCUT2D eigenvalue weighted by Gasteiger charge is 2.26. The van der Waals surface area contributed by atoms with Gasteiger partial charge in [0.15, 0.2) is 0 Å². The third kappa shape index (κ3) is 5.50. The Bertz CT molecular complexity index is 1410. The van der Waals surface area contributed by atoms with Crippen LogP contribution in [0.5, 0.6) is 5.75 Å². The third-order valence-electron chi connectivity index (χ3n) is 6.51. The number of phenols is 1. The lowest BCUT2D eigenvalue weighted by molar-refractivity contribution is 0.102. The molecule has 1 aliphatic rings. The van der Waals surface area contributed by atoms with Crippen LogP contribution in [0.1, 0.15) is 53.2 Å². The van der Waals surface area contributed by atoms with Gasteiger partial charge in [0.1, 0.15) is 11.6 Å². The molecule has 188 valence electrons. The number of nitrogens with zero attached hydrogens (tertiary/aromatic N) is 3. The van der Waals surface area contributed by atoms with Gasteiger partial charge in [-0.05, 0) is 66.9 Å². The second-order valence-corrected chi connectivity index (χ2v) is 9.06. The van der Waals surface area contributed by atoms with E-state index in [0.29, 0.717) is 22.5 Å². The van der Waals surface area contributed by atoms with Crippen LogP contribution in [0.15, 0.2) is 73.1 Å². The number of nitrogens with one attached hydrogen (secondary N) is 2. The zero-order valence-electron chi connectivity index (χ0n) is 20.0. The van der Waals surface area contributed by atoms with Gasteiger partial charge in [-0.15, -0.1) is 0 Å². The van der Waals surface area contributed by atoms with Crippen molar-refractivity contribution in [3.63, 3.8) is 0 Å². The Morgan fingerprint density at radius 3 is 2.57 bits per heavy atom. The second-order valence-electron chi connectivity index (χ2n) is 9.06. The van der Waals surface area contributed by atoms with Gasteiger partial charge in [0.25, 0.3) is 5.91 Å². The smallest absolute Gasteiger partial charge is 0.342 e. The molecule has 0 saturated heterocycles. The van der Waals surface area contributed by atoms with Crippen LogP contribution in [0, 0.1) is 5.82 Å². The average Bonchev–Trinajstić information content (AvgIpc) is 3.60. The summed E-state index contributed by atoms with van der Waals surface area (Å²) in [5.41, 5.74) is 3.23. The zero-order chi connectivity index (χ0) is 25.8. The van der Waals surface area contributed by atoms with Crippen molar-refractivity contribution in [2.45, 2.75) is 38.1 Å². The van der Waals surface area contributed by atoms with Gasteiger partial charge in [0.2, 0.25) is 0 Å². The Balaban J connectivity index is 1.42. The number of carbonyl (C=O) groups excluding carboxylic acids is 2. The van der Waals surface area contributed by atoms with Gasteiger partial charge in [0.05, 0.1) is 17.0 Å². The van der Waals surface area contributed by atoms with E-state index in [4.69, 9.17) is 0 Å². The van der Waals surface area contributed by atoms with E-state index in [-0.39, 0.29) is 29.9 Å². The van der Waals surface area contributed by atoms with Crippen molar-refractivity contribution in [2.75, 3.05) is 5.32 Å². The number of aromatic hydroxyl groups is 1. The molecule has 2 aromatic carbocycles. The Morgan fingerprint density at radius 2 is 1.84 bits per heavy atom. The molecule has 3 N–H and O–H groups in total. The molecule has 0 radical (unpaired) electrons. The van der Waals surface area contributed by atoms with E-state index in [1.54, 1.807) is 42.6 Å². The van der Waals surface area contributed by atoms with E-state index in [9.17, 15) is 19.1 Å². The van der Waals surface area contributed by atoms with Gasteiger partial charge in [-0.3, -0.25) is 9.78 Å². The third-order valence-corrected chi connectivity index (χ3v) is 6.51. The summed E-state index contributed by atoms with van der Waals surface area (Å²) in [4.78, 5) is 29.7. The average molecular weight is 500 g/mol. The molecule has 1 fully saturated rings. The highest BCUT2D eigenvalue weighted by molar-refractivity contribution is 6.04. The van der Waals surface area contributed by atoms with Crippen LogP contribution in [0.25, 0.3) is 11.3 Å². The molecule has 2 amide bonds. The number of benzene rings is 2. The number of carbonyl (C=O) groups is 2. The molecule has 2 aromatic heterocycles. The molecule has 8 nitrogen and oxygen atoms in total. The fourth-order valence-electron chi connectivity index (χ4n) is 4.58. The summed E-state index contributed by atoms with van der Waals surface area (Å²) in [6.07, 6.45) is 7.10. The minimum absolute atomic E-state index is 0.0197. The Hall–Kier alpha value is -4.53. The van der Waals surface area contributed by atoms with Crippen LogP contribution in [-0.2, 0) is 6.54 Å². The normalized spacial score (nSPS) is 13.4. The van der Waals surface area contributed by atoms with Crippen molar-refractivity contribution in [1.29, 1.82) is 0 Å². The topological polar surface area (TPSA) is 109 Å². The summed E-state index contributed by atoms with van der Waals surface area (Å²) in [5, 5.41) is 20.8. The van der Waals surface area contributed by atoms with Gasteiger partial charge in [0, 0.05) is 36.1 Å². The number of anilines is 1. The van der Waals surface area contributed by atoms with Crippen molar-refractivity contribution >= 4 is 17.6 Å². The van der Waals surface area contributed by atoms with E-state index < -0.39 is 6.03 Å². The summed E-state index contributed by atoms with van der Waals surface area (Å²) >= 11 is 0. The van der Waals surface area contributed by atoms with Crippen LogP contribution in [0.2, 0.25) is 0 Å². The number of hydrogen-bond acceptors (Lipinski definition) is 5. The highest BCUT2D eigenvalue weighted by Crippen LogP contribution is 2.38. The van der Waals surface area contributed by atoms with E-state index in [0.717, 1.165) is 36.9 Å². The van der Waals surface area contributed by atoms with Crippen LogP contribution >= 0.6 is 0 Å². The summed E-state index contributed by atoms with van der Waals surface area (Å²) in [7, 11) is 0. The summed E-state index contributed by atoms with van der Waals surface area (Å²) < 4.78 is 14.6. The molecule has 0 bridgehead atoms. The molecule has 5 rings (SSSR count). The van der Waals surface area contributed by atoms with Crippen molar-refractivity contribution < 1.29 is 19.1 Å². The first kappa shape index (κ1) is 24.2. The number of phenolic OH excluding ortho intramolecular Hbond substituents is 1. The molecule has 9 heteroatoms. The predicted molar refractivity (Wildman–Crippen MR) is 137 cm³/mol. The lowest BCUT2D eigenvalue weighted by Gasteiger charge is -2.12. The minimum Gasteiger partial charge on any atom is -0.507 e. The molecular weight excluding hydrogens is 473 g/mol. The Kier molecular flexibility index (Phi) is 6.93. The number of amides is 2. The molecular formula is C28H26FN5O3. The van der Waals surface area contributed by atoms with Crippen molar-refractivity contribution in [1.82, 2.24) is 20.1 Å². The molecule has 1 saturated carbocycles. The highest BCUT2D eigenvalue weighted by atomic mass is 19.1. The molecule has 0 unspecified atom stereocenters. The maximum absolute atomic E-state index is 13.2. The van der Waals surface area contributed by atoms with Gasteiger partial charge in [-0.2, -0.15) is 9.78 Å². The second kappa shape index (κ2) is 10.6. The molecule has 37 heavy (non-hydrogen) atoms. The van der Waals surface area contributed by atoms with E-state index in [2.05, 4.69) is 20.7 Å². The van der Waals surface area contributed by atoms with Gasteiger partial charge in [-0.1, -0.05) is 25.0 Å². The molecule has 0 atom stereocenters. The first-order valence-corrected chi connectivity index (χ1v) is 12.2. The van der Waals surface area contributed by atoms with Crippen LogP contribution < -0.4 is 10.6 Å². The molecule has 0 spiro atoms. The van der Waals surface area contributed by atoms with Crippen molar-refractivity contribution in [3.05, 3.63) is 95.7 Å². The number of rotatable bonds is 6. The number of hydrogen-bond donors (Lipinski definition) is 3. The van der Waals surface area contributed by atoms with Crippen LogP contribution in [-0.4, -0.2) is 31.8 Å². The Morgan fingerprint density at radius 1 is 1.05 bits per heavy atom. The first-order chi connectivity index (χ1) is 18.0. The SMILES string of the molecule is O=C(Nc1ccc(O)c(-c2cc(C3CCCC3)n(C(=O)NCc3ccc(F)cc3)n2)c1)c1cccnc1. The number of pyridine rings is 1. The lowest BCUT2D eigenvalue weighted by atomic mass is 10.0. The summed E-state index contributed by atoms with van der Waals surface area (Å²) in [6, 6.07) is 15.4. The number of aromatic nitrogens is 3. The van der Waals surface area contributed by atoms with Gasteiger partial charge >= 0.3 is 6.03 Å². The maximum Gasteiger partial charge on any atom is 0.342 e. The first-order valence-electron chi connectivity index (χ1n) is 12.2. The quantitative estimate of drug-likeness (QED) is 0.305. The van der Waals surface area contributed by atoms with Crippen LogP contribution in [0.3, 0.4) is 0 Å². The van der Waals surface area contributed by atoms with Gasteiger partial charge < -0.3 is 15.7 Å².